The number of rotatable bonds is 4. The molecule has 0 atom stereocenters. The number of aromatic nitrogens is 1. The lowest BCUT2D eigenvalue weighted by molar-refractivity contribution is 0.0915. The summed E-state index contributed by atoms with van der Waals surface area (Å²) in [5.41, 5.74) is -2.40. The van der Waals surface area contributed by atoms with E-state index in [-0.39, 0.29) is 17.5 Å². The van der Waals surface area contributed by atoms with Gasteiger partial charge in [0.05, 0.1) is 5.56 Å². The highest BCUT2D eigenvalue weighted by molar-refractivity contribution is 5.97. The smallest absolute Gasteiger partial charge is 0.275 e. The van der Waals surface area contributed by atoms with Crippen LogP contribution in [-0.4, -0.2) is 22.0 Å². The minimum atomic E-state index is -2.25. The van der Waals surface area contributed by atoms with Crippen molar-refractivity contribution in [2.75, 3.05) is 5.32 Å². The molecule has 1 aromatic heterocycles. The van der Waals surface area contributed by atoms with Crippen LogP contribution in [0, 0.1) is 29.1 Å². The molecule has 1 aromatic carbocycles. The summed E-state index contributed by atoms with van der Waals surface area (Å²) in [6.07, 6.45) is 1.54. The third kappa shape index (κ3) is 5.37. The second kappa shape index (κ2) is 8.08. The molecule has 30 heavy (non-hydrogen) atoms. The van der Waals surface area contributed by atoms with E-state index in [2.05, 4.69) is 15.6 Å². The van der Waals surface area contributed by atoms with Crippen LogP contribution in [-0.2, 0) is 0 Å². The third-order valence-electron chi connectivity index (χ3n) is 3.47. The summed E-state index contributed by atoms with van der Waals surface area (Å²) in [7, 11) is 0. The van der Waals surface area contributed by atoms with E-state index < -0.39 is 51.6 Å². The average molecular weight is 431 g/mol. The van der Waals surface area contributed by atoms with E-state index in [1.807, 2.05) is 0 Å². The molecule has 0 unspecified atom stereocenters. The fraction of sp³-hybridized carbons (Fsp3) is 0.400. The Kier molecular flexibility index (Phi) is 6.29. The lowest BCUT2D eigenvalue weighted by Gasteiger charge is -2.22. The highest BCUT2D eigenvalue weighted by Crippen LogP contribution is 2.26. The summed E-state index contributed by atoms with van der Waals surface area (Å²) < 4.78 is 73.0. The number of benzene rings is 1. The number of halogens is 5. The van der Waals surface area contributed by atoms with Crippen molar-refractivity contribution >= 4 is 23.9 Å². The first-order chi connectivity index (χ1) is 13.6. The van der Waals surface area contributed by atoms with Crippen LogP contribution in [0.15, 0.2) is 4.42 Å². The first kappa shape index (κ1) is 23.4. The normalized spacial score (nSPS) is 12.5. The number of nitrogens with zero attached hydrogens (tertiary/aromatic N) is 1. The molecule has 0 saturated carbocycles. The fourth-order valence-corrected chi connectivity index (χ4v) is 2.31. The molecule has 1 heterocycles. The number of nitrogens with one attached hydrogen (secondary N) is 2. The Balaban J connectivity index is 2.49. The summed E-state index contributed by atoms with van der Waals surface area (Å²) >= 11 is 0. The zero-order valence-corrected chi connectivity index (χ0v) is 17.3. The van der Waals surface area contributed by atoms with Gasteiger partial charge < -0.3 is 15.1 Å². The van der Waals surface area contributed by atoms with Gasteiger partial charge in [0.15, 0.2) is 29.0 Å². The maximum Gasteiger partial charge on any atom is 0.275 e. The molecule has 2 N–H and O–H groups in total. The highest BCUT2D eigenvalue weighted by atomic mass is 19.2. The lowest BCUT2D eigenvalue weighted by atomic mass is 10.1. The van der Waals surface area contributed by atoms with Crippen molar-refractivity contribution in [1.29, 1.82) is 0 Å². The van der Waals surface area contributed by atoms with E-state index in [0.29, 0.717) is 6.08 Å². The Morgan fingerprint density at radius 1 is 0.833 bits per heavy atom. The Bertz CT molecular complexity index is 972. The predicted octanol–water partition coefficient (Wildman–Crippen LogP) is 5.28. The van der Waals surface area contributed by atoms with Crippen molar-refractivity contribution in [1.82, 2.24) is 10.3 Å². The van der Waals surface area contributed by atoms with E-state index in [0.717, 1.165) is 6.08 Å². The molecule has 164 valence electrons. The van der Waals surface area contributed by atoms with Crippen LogP contribution in [0.1, 0.15) is 63.5 Å². The molecule has 10 heteroatoms. The molecule has 2 rings (SSSR count). The number of anilines is 1. The van der Waals surface area contributed by atoms with E-state index in [1.54, 1.807) is 41.5 Å². The third-order valence-corrected chi connectivity index (χ3v) is 3.47. The summed E-state index contributed by atoms with van der Waals surface area (Å²) in [6, 6.07) is 0. The van der Waals surface area contributed by atoms with Gasteiger partial charge in [0.25, 0.3) is 5.91 Å². The molecule has 5 nitrogen and oxygen atoms in total. The first-order valence-electron chi connectivity index (χ1n) is 8.92. The van der Waals surface area contributed by atoms with Gasteiger partial charge >= 0.3 is 0 Å². The maximum absolute atomic E-state index is 13.8. The number of carbonyl (C=O) groups excluding carboxylic acids is 1. The van der Waals surface area contributed by atoms with Gasteiger partial charge in [0, 0.05) is 17.2 Å². The monoisotopic (exact) mass is 431 g/mol. The predicted molar refractivity (Wildman–Crippen MR) is 102 cm³/mol. The highest BCUT2D eigenvalue weighted by Gasteiger charge is 2.27. The van der Waals surface area contributed by atoms with E-state index in [1.165, 1.54) is 0 Å². The van der Waals surface area contributed by atoms with Crippen molar-refractivity contribution in [2.45, 2.75) is 52.6 Å². The molecule has 0 aliphatic carbocycles. The first-order valence-corrected chi connectivity index (χ1v) is 8.92. The van der Waals surface area contributed by atoms with Crippen LogP contribution in [0.25, 0.3) is 12.2 Å². The Morgan fingerprint density at radius 3 is 1.80 bits per heavy atom. The van der Waals surface area contributed by atoms with Crippen LogP contribution in [0.4, 0.5) is 27.8 Å². The molecule has 0 radical (unpaired) electrons. The van der Waals surface area contributed by atoms with Crippen LogP contribution in [0.3, 0.4) is 0 Å². The van der Waals surface area contributed by atoms with E-state index >= 15 is 0 Å². The van der Waals surface area contributed by atoms with Gasteiger partial charge in [-0.15, -0.1) is 0 Å². The summed E-state index contributed by atoms with van der Waals surface area (Å²) in [5, 5.41) is 5.64. The van der Waals surface area contributed by atoms with Crippen LogP contribution in [0.2, 0.25) is 0 Å². The molecule has 1 amide bonds. The van der Waals surface area contributed by atoms with Crippen molar-refractivity contribution in [3.63, 3.8) is 0 Å². The Labute approximate surface area is 170 Å². The molecular weight excluding hydrogens is 409 g/mol. The summed E-state index contributed by atoms with van der Waals surface area (Å²) in [5.74, 6) is -11.2. The number of hydrogen-bond donors (Lipinski definition) is 2. The number of hydrogen-bond acceptors (Lipinski definition) is 4. The van der Waals surface area contributed by atoms with Gasteiger partial charge in [0.2, 0.25) is 17.6 Å². The van der Waals surface area contributed by atoms with Gasteiger partial charge in [-0.2, -0.15) is 0 Å². The molecule has 0 saturated heterocycles. The summed E-state index contributed by atoms with van der Waals surface area (Å²) in [6.45, 7) is 10.7. The van der Waals surface area contributed by atoms with Crippen molar-refractivity contribution < 1.29 is 31.2 Å². The molecule has 0 spiro atoms. The minimum Gasteiger partial charge on any atom is -0.420 e. The topological polar surface area (TPSA) is 67.2 Å². The maximum atomic E-state index is 13.8. The number of amides is 1. The second-order valence-electron chi connectivity index (χ2n) is 8.63. The second-order valence-corrected chi connectivity index (χ2v) is 8.63. The van der Waals surface area contributed by atoms with Crippen LogP contribution < -0.4 is 10.6 Å². The molecular formula is C20H22F5N3O2. The SMILES string of the molecule is CC(C)(C)NC(=O)c1nc(/C=C/c2c(F)c(F)c(F)c(F)c2F)oc1NC(C)(C)C. The summed E-state index contributed by atoms with van der Waals surface area (Å²) in [4.78, 5) is 16.5. The molecule has 2 aromatic rings. The lowest BCUT2D eigenvalue weighted by Crippen LogP contribution is -2.41. The minimum absolute atomic E-state index is 0.0127. The van der Waals surface area contributed by atoms with Crippen molar-refractivity contribution in [2.24, 2.45) is 0 Å². The Morgan fingerprint density at radius 2 is 1.33 bits per heavy atom. The Hall–Kier alpha value is -2.91. The van der Waals surface area contributed by atoms with Gasteiger partial charge in [0.1, 0.15) is 0 Å². The fourth-order valence-electron chi connectivity index (χ4n) is 2.31. The van der Waals surface area contributed by atoms with Gasteiger partial charge in [-0.3, -0.25) is 4.79 Å². The van der Waals surface area contributed by atoms with Gasteiger partial charge in [-0.1, -0.05) is 0 Å². The van der Waals surface area contributed by atoms with Crippen LogP contribution in [0.5, 0.6) is 0 Å². The van der Waals surface area contributed by atoms with E-state index in [4.69, 9.17) is 4.42 Å². The largest absolute Gasteiger partial charge is 0.420 e. The molecule has 0 fully saturated rings. The van der Waals surface area contributed by atoms with Gasteiger partial charge in [-0.25, -0.2) is 26.9 Å². The molecule has 0 aliphatic rings. The number of carbonyl (C=O) groups is 1. The van der Waals surface area contributed by atoms with Crippen molar-refractivity contribution in [3.8, 4) is 0 Å². The molecule has 0 bridgehead atoms. The van der Waals surface area contributed by atoms with E-state index in [9.17, 15) is 26.7 Å². The van der Waals surface area contributed by atoms with Gasteiger partial charge in [-0.05, 0) is 47.6 Å². The average Bonchev–Trinajstić information content (AvgIpc) is 2.97. The zero-order valence-electron chi connectivity index (χ0n) is 17.3. The zero-order chi connectivity index (χ0) is 23.0. The van der Waals surface area contributed by atoms with Crippen molar-refractivity contribution in [3.05, 3.63) is 46.2 Å². The van der Waals surface area contributed by atoms with Crippen LogP contribution >= 0.6 is 0 Å². The number of oxazole rings is 1. The molecule has 0 aliphatic heterocycles. The quantitative estimate of drug-likeness (QED) is 0.393. The standard InChI is InChI=1S/C20H22F5N3O2/c1-19(2,3)27-17(29)16-18(28-20(4,5)6)30-10(26-16)8-7-9-11(21)13(23)15(25)14(24)12(9)22/h7-8,28H,1-6H3,(H,27,29)/b8-7+.